The van der Waals surface area contributed by atoms with Crippen LogP contribution >= 0.6 is 12.4 Å². The summed E-state index contributed by atoms with van der Waals surface area (Å²) in [5.41, 5.74) is -0.327. The van der Waals surface area contributed by atoms with Gasteiger partial charge in [-0.05, 0) is 56.6 Å². The Labute approximate surface area is 181 Å². The average molecular weight is 436 g/mol. The number of hydrogen-bond donors (Lipinski definition) is 1. The van der Waals surface area contributed by atoms with Crippen LogP contribution in [0.15, 0.2) is 42.7 Å². The fourth-order valence-corrected chi connectivity index (χ4v) is 4.33. The van der Waals surface area contributed by atoms with E-state index in [-0.39, 0.29) is 24.2 Å². The Morgan fingerprint density at radius 2 is 1.77 bits per heavy atom. The SMILES string of the molecule is Cl.O=C(c1cccc(F)c1)N1CCCN(C(=O)C2(n3cccn3)CCNCC2)CC1. The minimum absolute atomic E-state index is 0. The molecule has 3 heterocycles. The number of hydrogen-bond acceptors (Lipinski definition) is 4. The van der Waals surface area contributed by atoms with Gasteiger partial charge in [0.25, 0.3) is 11.8 Å². The van der Waals surface area contributed by atoms with Gasteiger partial charge in [0.2, 0.25) is 0 Å². The number of carbonyl (C=O) groups excluding carboxylic acids is 2. The number of aromatic nitrogens is 2. The van der Waals surface area contributed by atoms with E-state index in [1.165, 1.54) is 12.1 Å². The van der Waals surface area contributed by atoms with E-state index in [0.29, 0.717) is 51.0 Å². The molecule has 30 heavy (non-hydrogen) atoms. The van der Waals surface area contributed by atoms with Crippen molar-refractivity contribution < 1.29 is 14.0 Å². The number of carbonyl (C=O) groups is 2. The zero-order chi connectivity index (χ0) is 20.3. The predicted molar refractivity (Wildman–Crippen MR) is 113 cm³/mol. The van der Waals surface area contributed by atoms with Crippen LogP contribution < -0.4 is 5.32 Å². The van der Waals surface area contributed by atoms with Crippen molar-refractivity contribution in [3.8, 4) is 0 Å². The van der Waals surface area contributed by atoms with E-state index in [1.54, 1.807) is 27.9 Å². The van der Waals surface area contributed by atoms with Crippen LogP contribution in [0.3, 0.4) is 0 Å². The van der Waals surface area contributed by atoms with Gasteiger partial charge in [0.05, 0.1) is 0 Å². The van der Waals surface area contributed by atoms with Gasteiger partial charge < -0.3 is 15.1 Å². The largest absolute Gasteiger partial charge is 0.339 e. The van der Waals surface area contributed by atoms with Gasteiger partial charge in [-0.3, -0.25) is 14.3 Å². The van der Waals surface area contributed by atoms with Crippen LogP contribution in [0.1, 0.15) is 29.6 Å². The van der Waals surface area contributed by atoms with Gasteiger partial charge in [-0.2, -0.15) is 5.10 Å². The Hall–Kier alpha value is -2.45. The van der Waals surface area contributed by atoms with Gasteiger partial charge in [0.15, 0.2) is 0 Å². The summed E-state index contributed by atoms with van der Waals surface area (Å²) in [6, 6.07) is 7.60. The number of benzene rings is 1. The van der Waals surface area contributed by atoms with Crippen molar-refractivity contribution in [2.24, 2.45) is 0 Å². The first-order valence-electron chi connectivity index (χ1n) is 10.2. The molecule has 1 aromatic carbocycles. The zero-order valence-corrected chi connectivity index (χ0v) is 17.6. The van der Waals surface area contributed by atoms with Crippen molar-refractivity contribution in [3.05, 3.63) is 54.1 Å². The van der Waals surface area contributed by atoms with E-state index >= 15 is 0 Å². The molecule has 0 unspecified atom stereocenters. The molecular weight excluding hydrogens is 409 g/mol. The Morgan fingerprint density at radius 1 is 1.03 bits per heavy atom. The molecule has 9 heteroatoms. The second-order valence-electron chi connectivity index (χ2n) is 7.68. The van der Waals surface area contributed by atoms with Gasteiger partial charge in [-0.25, -0.2) is 4.39 Å². The van der Waals surface area contributed by atoms with Gasteiger partial charge in [0, 0.05) is 44.1 Å². The molecule has 162 valence electrons. The molecular formula is C21H27ClFN5O2. The summed E-state index contributed by atoms with van der Waals surface area (Å²) in [5.74, 6) is -0.542. The standard InChI is InChI=1S/C21H26FN5O2.ClH/c22-18-5-1-4-17(16-18)19(28)25-11-3-12-26(15-14-25)20(29)21(6-9-23-10-7-21)27-13-2-8-24-27;/h1-2,4-5,8,13,16,23H,3,6-7,9-12,14-15H2;1H. The van der Waals surface area contributed by atoms with Crippen LogP contribution in [-0.4, -0.2) is 70.7 Å². The first kappa shape index (κ1) is 22.2. The summed E-state index contributed by atoms with van der Waals surface area (Å²) >= 11 is 0. The number of nitrogens with zero attached hydrogens (tertiary/aromatic N) is 4. The minimum atomic E-state index is -0.670. The van der Waals surface area contributed by atoms with Crippen molar-refractivity contribution >= 4 is 24.2 Å². The van der Waals surface area contributed by atoms with E-state index in [4.69, 9.17) is 0 Å². The highest BCUT2D eigenvalue weighted by Crippen LogP contribution is 2.30. The minimum Gasteiger partial charge on any atom is -0.339 e. The van der Waals surface area contributed by atoms with Crippen molar-refractivity contribution in [3.63, 3.8) is 0 Å². The number of amides is 2. The van der Waals surface area contributed by atoms with Gasteiger partial charge in [0.1, 0.15) is 11.4 Å². The van der Waals surface area contributed by atoms with Crippen LogP contribution in [0.4, 0.5) is 4.39 Å². The maximum Gasteiger partial charge on any atom is 0.254 e. The number of rotatable bonds is 3. The van der Waals surface area contributed by atoms with Crippen molar-refractivity contribution in [2.45, 2.75) is 24.8 Å². The molecule has 2 fully saturated rings. The molecule has 0 spiro atoms. The molecule has 0 bridgehead atoms. The third-order valence-electron chi connectivity index (χ3n) is 5.91. The Balaban J connectivity index is 0.00000256. The normalized spacial score (nSPS) is 19.0. The van der Waals surface area contributed by atoms with E-state index in [1.807, 2.05) is 17.2 Å². The Kier molecular flexibility index (Phi) is 7.10. The van der Waals surface area contributed by atoms with Crippen LogP contribution in [0.5, 0.6) is 0 Å². The molecule has 4 rings (SSSR count). The van der Waals surface area contributed by atoms with Gasteiger partial charge >= 0.3 is 0 Å². The quantitative estimate of drug-likeness (QED) is 0.799. The highest BCUT2D eigenvalue weighted by Gasteiger charge is 2.44. The number of halogens is 2. The van der Waals surface area contributed by atoms with E-state index in [9.17, 15) is 14.0 Å². The lowest BCUT2D eigenvalue weighted by Gasteiger charge is -2.40. The fourth-order valence-electron chi connectivity index (χ4n) is 4.33. The highest BCUT2D eigenvalue weighted by atomic mass is 35.5. The summed E-state index contributed by atoms with van der Waals surface area (Å²) in [6.45, 7) is 3.59. The van der Waals surface area contributed by atoms with Crippen LogP contribution in [0, 0.1) is 5.82 Å². The van der Waals surface area contributed by atoms with Crippen LogP contribution in [-0.2, 0) is 10.3 Å². The molecule has 0 aliphatic carbocycles. The molecule has 1 aromatic heterocycles. The summed E-state index contributed by atoms with van der Waals surface area (Å²) < 4.78 is 15.3. The molecule has 2 aliphatic rings. The third-order valence-corrected chi connectivity index (χ3v) is 5.91. The molecule has 2 aromatic rings. The smallest absolute Gasteiger partial charge is 0.254 e. The van der Waals surface area contributed by atoms with Crippen molar-refractivity contribution in [1.29, 1.82) is 0 Å². The van der Waals surface area contributed by atoms with E-state index in [0.717, 1.165) is 13.1 Å². The number of nitrogens with one attached hydrogen (secondary N) is 1. The molecule has 2 saturated heterocycles. The van der Waals surface area contributed by atoms with E-state index in [2.05, 4.69) is 10.4 Å². The maximum atomic E-state index is 13.6. The summed E-state index contributed by atoms with van der Waals surface area (Å²) in [7, 11) is 0. The fraction of sp³-hybridized carbons (Fsp3) is 0.476. The molecule has 7 nitrogen and oxygen atoms in total. The first-order valence-corrected chi connectivity index (χ1v) is 10.2. The molecule has 0 saturated carbocycles. The van der Waals surface area contributed by atoms with Crippen LogP contribution in [0.2, 0.25) is 0 Å². The van der Waals surface area contributed by atoms with Gasteiger partial charge in [-0.1, -0.05) is 6.07 Å². The maximum absolute atomic E-state index is 13.6. The highest BCUT2D eigenvalue weighted by molar-refractivity contribution is 5.94. The first-order chi connectivity index (χ1) is 14.1. The van der Waals surface area contributed by atoms with Gasteiger partial charge in [-0.15, -0.1) is 12.4 Å². The second kappa shape index (κ2) is 9.57. The topological polar surface area (TPSA) is 70.5 Å². The van der Waals surface area contributed by atoms with Crippen LogP contribution in [0.25, 0.3) is 0 Å². The molecule has 2 amide bonds. The number of piperidine rings is 1. The average Bonchev–Trinajstić information content (AvgIpc) is 3.19. The summed E-state index contributed by atoms with van der Waals surface area (Å²) in [6.07, 6.45) is 5.64. The lowest BCUT2D eigenvalue weighted by Crippen LogP contribution is -2.56. The molecule has 1 N–H and O–H groups in total. The van der Waals surface area contributed by atoms with E-state index < -0.39 is 11.4 Å². The zero-order valence-electron chi connectivity index (χ0n) is 16.8. The monoisotopic (exact) mass is 435 g/mol. The molecule has 0 radical (unpaired) electrons. The predicted octanol–water partition coefficient (Wildman–Crippen LogP) is 1.90. The Morgan fingerprint density at radius 3 is 2.47 bits per heavy atom. The lowest BCUT2D eigenvalue weighted by molar-refractivity contribution is -0.143. The van der Waals surface area contributed by atoms with Crippen molar-refractivity contribution in [2.75, 3.05) is 39.3 Å². The lowest BCUT2D eigenvalue weighted by atomic mass is 9.86. The third kappa shape index (κ3) is 4.34. The van der Waals surface area contributed by atoms with Crippen molar-refractivity contribution in [1.82, 2.24) is 24.9 Å². The molecule has 2 aliphatic heterocycles. The Bertz CT molecular complexity index is 870. The second-order valence-corrected chi connectivity index (χ2v) is 7.68. The molecule has 0 atom stereocenters. The summed E-state index contributed by atoms with van der Waals surface area (Å²) in [4.78, 5) is 29.9. The summed E-state index contributed by atoms with van der Waals surface area (Å²) in [5, 5.41) is 7.70.